The van der Waals surface area contributed by atoms with Crippen molar-refractivity contribution in [3.8, 4) is 0 Å². The van der Waals surface area contributed by atoms with Crippen LogP contribution in [0.1, 0.15) is 25.0 Å². The fourth-order valence-electron chi connectivity index (χ4n) is 2.72. The number of carboxylic acids is 4. The summed E-state index contributed by atoms with van der Waals surface area (Å²) in [6, 6.07) is 7.43. The topological polar surface area (TPSA) is 254 Å². The third-order valence-corrected chi connectivity index (χ3v) is 5.48. The highest BCUT2D eigenvalue weighted by Crippen LogP contribution is 2.04. The lowest BCUT2D eigenvalue weighted by Gasteiger charge is -2.02. The number of nitrogens with two attached hydrogens (primary N) is 2. The van der Waals surface area contributed by atoms with E-state index in [1.807, 2.05) is 36.6 Å². The predicted molar refractivity (Wildman–Crippen MR) is 148 cm³/mol. The van der Waals surface area contributed by atoms with E-state index in [4.69, 9.17) is 31.9 Å². The Balaban J connectivity index is 0.000000498. The Morgan fingerprint density at radius 3 is 2.13 bits per heavy atom. The SMILES string of the molecule is CSCCC(N)C(=O)O.NC(Cc1cnc[nH]1)C(=O)O.O=C(O)CNc1ccccc1.O=C(O)[C@@H]1CCCN1. The van der Waals surface area contributed by atoms with Crippen LogP contribution in [-0.4, -0.2) is 97.5 Å². The van der Waals surface area contributed by atoms with Crippen molar-refractivity contribution in [3.05, 3.63) is 48.5 Å². The number of nitrogens with zero attached hydrogens (tertiary/aromatic N) is 1. The predicted octanol–water partition coefficient (Wildman–Crippen LogP) is 0.522. The van der Waals surface area contributed by atoms with E-state index < -0.39 is 36.0 Å². The van der Waals surface area contributed by atoms with Gasteiger partial charge in [0.2, 0.25) is 0 Å². The summed E-state index contributed by atoms with van der Waals surface area (Å²) in [7, 11) is 0. The van der Waals surface area contributed by atoms with Gasteiger partial charge >= 0.3 is 23.9 Å². The van der Waals surface area contributed by atoms with Crippen LogP contribution >= 0.6 is 11.8 Å². The summed E-state index contributed by atoms with van der Waals surface area (Å²) in [6.07, 6.45) is 7.60. The average molecular weight is 571 g/mol. The Kier molecular flexibility index (Phi) is 19.3. The van der Waals surface area contributed by atoms with Crippen LogP contribution in [0.4, 0.5) is 5.69 Å². The molecule has 1 saturated heterocycles. The average Bonchev–Trinajstić information content (AvgIpc) is 3.63. The molecule has 0 bridgehead atoms. The highest BCUT2D eigenvalue weighted by molar-refractivity contribution is 7.98. The molecule has 3 atom stereocenters. The molecule has 1 aliphatic heterocycles. The molecule has 1 aromatic carbocycles. The number of nitrogens with one attached hydrogen (secondary N) is 3. The normalized spacial score (nSPS) is 15.0. The van der Waals surface area contributed by atoms with Gasteiger partial charge in [0, 0.05) is 24.0 Å². The fraction of sp³-hybridized carbons (Fsp3) is 0.458. The van der Waals surface area contributed by atoms with Gasteiger partial charge in [-0.25, -0.2) is 4.98 Å². The number of H-pyrrole nitrogens is 1. The number of carboxylic acid groups (broad SMARTS) is 4. The van der Waals surface area contributed by atoms with Gasteiger partial charge in [0.1, 0.15) is 24.7 Å². The lowest BCUT2D eigenvalue weighted by molar-refractivity contribution is -0.139. The summed E-state index contributed by atoms with van der Waals surface area (Å²) < 4.78 is 0. The number of aliphatic carboxylic acids is 4. The fourth-order valence-corrected chi connectivity index (χ4v) is 3.21. The van der Waals surface area contributed by atoms with E-state index in [2.05, 4.69) is 20.6 Å². The first-order valence-electron chi connectivity index (χ1n) is 11.9. The summed E-state index contributed by atoms with van der Waals surface area (Å²) in [5.41, 5.74) is 12.0. The van der Waals surface area contributed by atoms with Gasteiger partial charge < -0.3 is 47.5 Å². The molecule has 11 N–H and O–H groups in total. The third kappa shape index (κ3) is 19.1. The van der Waals surface area contributed by atoms with Gasteiger partial charge in [-0.2, -0.15) is 11.8 Å². The van der Waals surface area contributed by atoms with E-state index in [1.165, 1.54) is 6.33 Å². The number of imidazole rings is 1. The lowest BCUT2D eigenvalue weighted by Crippen LogP contribution is -2.32. The zero-order valence-corrected chi connectivity index (χ0v) is 22.5. The number of thioether (sulfide) groups is 1. The molecule has 0 aliphatic carbocycles. The second kappa shape index (κ2) is 21.3. The van der Waals surface area contributed by atoms with Gasteiger partial charge in [-0.3, -0.25) is 19.2 Å². The molecule has 1 aliphatic rings. The van der Waals surface area contributed by atoms with Crippen molar-refractivity contribution in [1.29, 1.82) is 0 Å². The molecular formula is C24H38N6O8S. The monoisotopic (exact) mass is 570 g/mol. The van der Waals surface area contributed by atoms with Crippen molar-refractivity contribution >= 4 is 41.3 Å². The largest absolute Gasteiger partial charge is 0.480 e. The molecule has 39 heavy (non-hydrogen) atoms. The maximum absolute atomic E-state index is 10.3. The number of aromatic nitrogens is 2. The maximum atomic E-state index is 10.3. The first-order chi connectivity index (χ1) is 18.5. The molecule has 15 heteroatoms. The van der Waals surface area contributed by atoms with Gasteiger partial charge in [0.05, 0.1) is 6.33 Å². The van der Waals surface area contributed by atoms with Crippen LogP contribution in [0.25, 0.3) is 0 Å². The zero-order valence-electron chi connectivity index (χ0n) is 21.7. The van der Waals surface area contributed by atoms with E-state index in [9.17, 15) is 19.2 Å². The highest BCUT2D eigenvalue weighted by atomic mass is 32.2. The van der Waals surface area contributed by atoms with Crippen molar-refractivity contribution in [2.24, 2.45) is 11.5 Å². The van der Waals surface area contributed by atoms with Crippen LogP contribution in [0.15, 0.2) is 42.9 Å². The summed E-state index contributed by atoms with van der Waals surface area (Å²) >= 11 is 1.60. The number of aromatic amines is 1. The Labute approximate surface area is 230 Å². The summed E-state index contributed by atoms with van der Waals surface area (Å²) in [5.74, 6) is -2.67. The minimum Gasteiger partial charge on any atom is -0.480 e. The molecule has 1 aromatic heterocycles. The van der Waals surface area contributed by atoms with Crippen LogP contribution in [0.3, 0.4) is 0 Å². The first-order valence-corrected chi connectivity index (χ1v) is 13.3. The van der Waals surface area contributed by atoms with Gasteiger partial charge in [-0.05, 0) is 49.9 Å². The summed E-state index contributed by atoms with van der Waals surface area (Å²) in [4.78, 5) is 47.1. The molecule has 0 radical (unpaired) electrons. The van der Waals surface area contributed by atoms with Crippen LogP contribution in [-0.2, 0) is 25.6 Å². The smallest absolute Gasteiger partial charge is 0.322 e. The van der Waals surface area contributed by atoms with Crippen LogP contribution in [0, 0.1) is 0 Å². The standard InChI is InChI=1S/C8H9NO2.C6H9N3O2.C5H11NO2S.C5H9NO2/c10-8(11)6-9-7-4-2-1-3-5-7;7-5(6(10)11)1-4-2-8-3-9-4;1-9-3-2-4(6)5(7)8;7-5(8)4-2-1-3-6-4/h1-5,9H,6H2,(H,10,11);2-3,5H,1,7H2,(H,8,9)(H,10,11);4H,2-3,6H2,1H3,(H,7,8);4,6H,1-3H2,(H,7,8)/t;;;4-/m...0/s1. The molecule has 3 rings (SSSR count). The molecule has 2 aromatic rings. The number of carbonyl (C=O) groups is 4. The van der Waals surface area contributed by atoms with E-state index in [-0.39, 0.29) is 19.0 Å². The van der Waals surface area contributed by atoms with Crippen molar-refractivity contribution in [2.45, 2.75) is 43.8 Å². The minimum atomic E-state index is -1.00. The van der Waals surface area contributed by atoms with Gasteiger partial charge in [0.15, 0.2) is 0 Å². The second-order valence-electron chi connectivity index (χ2n) is 8.05. The van der Waals surface area contributed by atoms with Crippen LogP contribution in [0.5, 0.6) is 0 Å². The number of rotatable bonds is 11. The molecule has 14 nitrogen and oxygen atoms in total. The Bertz CT molecular complexity index is 959. The van der Waals surface area contributed by atoms with Gasteiger partial charge in [-0.1, -0.05) is 18.2 Å². The third-order valence-electron chi connectivity index (χ3n) is 4.84. The zero-order chi connectivity index (χ0) is 29.6. The van der Waals surface area contributed by atoms with E-state index >= 15 is 0 Å². The number of benzene rings is 1. The molecule has 2 unspecified atom stereocenters. The number of hydrogen-bond donors (Lipinski definition) is 9. The number of para-hydroxylation sites is 1. The van der Waals surface area contributed by atoms with Crippen LogP contribution < -0.4 is 22.1 Å². The lowest BCUT2D eigenvalue weighted by atomic mass is 10.2. The van der Waals surface area contributed by atoms with E-state index in [1.54, 1.807) is 18.0 Å². The Hall–Kier alpha value is -3.66. The minimum absolute atomic E-state index is 0.0377. The summed E-state index contributed by atoms with van der Waals surface area (Å²) in [5, 5.41) is 39.0. The molecule has 0 amide bonds. The van der Waals surface area contributed by atoms with Gasteiger partial charge in [-0.15, -0.1) is 0 Å². The number of hydrogen-bond acceptors (Lipinski definition) is 10. The first kappa shape index (κ1) is 35.3. The Morgan fingerprint density at radius 1 is 1.08 bits per heavy atom. The van der Waals surface area contributed by atoms with Crippen molar-refractivity contribution in [3.63, 3.8) is 0 Å². The molecular weight excluding hydrogens is 532 g/mol. The molecule has 218 valence electrons. The second-order valence-corrected chi connectivity index (χ2v) is 9.04. The highest BCUT2D eigenvalue weighted by Gasteiger charge is 2.20. The maximum Gasteiger partial charge on any atom is 0.322 e. The quantitative estimate of drug-likeness (QED) is 0.179. The Morgan fingerprint density at radius 2 is 1.72 bits per heavy atom. The van der Waals surface area contributed by atoms with Crippen molar-refractivity contribution in [2.75, 3.05) is 30.4 Å². The van der Waals surface area contributed by atoms with E-state index in [0.29, 0.717) is 6.42 Å². The number of anilines is 1. The molecule has 2 heterocycles. The van der Waals surface area contributed by atoms with E-state index in [0.717, 1.165) is 36.5 Å². The molecule has 0 spiro atoms. The van der Waals surface area contributed by atoms with Crippen molar-refractivity contribution in [1.82, 2.24) is 15.3 Å². The van der Waals surface area contributed by atoms with Gasteiger partial charge in [0.25, 0.3) is 0 Å². The van der Waals surface area contributed by atoms with Crippen molar-refractivity contribution < 1.29 is 39.6 Å². The van der Waals surface area contributed by atoms with Crippen LogP contribution in [0.2, 0.25) is 0 Å². The molecule has 1 fully saturated rings. The summed E-state index contributed by atoms with van der Waals surface area (Å²) in [6.45, 7) is 0.820. The molecule has 0 saturated carbocycles.